The third-order valence-corrected chi connectivity index (χ3v) is 11.8. The van der Waals surface area contributed by atoms with Crippen molar-refractivity contribution < 1.29 is 33.5 Å². The van der Waals surface area contributed by atoms with Gasteiger partial charge in [0.2, 0.25) is 7.29 Å². The van der Waals surface area contributed by atoms with Gasteiger partial charge in [-0.1, -0.05) is 33.8 Å². The summed E-state index contributed by atoms with van der Waals surface area (Å²) in [5.74, 6) is 0.201. The molecule has 0 radical (unpaired) electrons. The minimum Gasteiger partial charge on any atom is -0.447 e. The quantitative estimate of drug-likeness (QED) is 0.203. The summed E-state index contributed by atoms with van der Waals surface area (Å²) < 4.78 is 21.3. The number of thiazole rings is 1. The van der Waals surface area contributed by atoms with Gasteiger partial charge >= 0.3 is 18.3 Å². The Balaban J connectivity index is 1.62. The second-order valence-corrected chi connectivity index (χ2v) is 15.3. The number of rotatable bonds is 7. The normalized spacial score (nSPS) is 21.8. The van der Waals surface area contributed by atoms with Crippen LogP contribution in [0.1, 0.15) is 89.6 Å². The lowest BCUT2D eigenvalue weighted by atomic mass is 9.86. The Bertz CT molecular complexity index is 1350. The Morgan fingerprint density at radius 2 is 1.78 bits per heavy atom. The first-order valence-electron chi connectivity index (χ1n) is 14.0. The third-order valence-electron chi connectivity index (χ3n) is 7.18. The van der Waals surface area contributed by atoms with Crippen LogP contribution in [0.25, 0.3) is 10.4 Å². The second-order valence-electron chi connectivity index (χ2n) is 11.6. The monoisotopic (exact) mass is 606 g/mol. The zero-order valence-corrected chi connectivity index (χ0v) is 26.1. The summed E-state index contributed by atoms with van der Waals surface area (Å²) in [7, 11) is -3.55. The number of carbonyl (C=O) groups is 3. The Morgan fingerprint density at radius 3 is 2.37 bits per heavy atom. The van der Waals surface area contributed by atoms with Crippen molar-refractivity contribution in [1.29, 1.82) is 0 Å². The van der Waals surface area contributed by atoms with Crippen LogP contribution in [-0.4, -0.2) is 41.6 Å². The number of hydrogen-bond acceptors (Lipinski definition) is 9. The van der Waals surface area contributed by atoms with E-state index in [9.17, 15) is 18.9 Å². The van der Waals surface area contributed by atoms with Crippen molar-refractivity contribution in [1.82, 2.24) is 10.3 Å². The molecule has 2 heterocycles. The number of benzene rings is 1. The lowest BCUT2D eigenvalue weighted by Gasteiger charge is -2.28. The maximum absolute atomic E-state index is 14.9. The summed E-state index contributed by atoms with van der Waals surface area (Å²) in [6, 6.07) is 3.72. The highest BCUT2D eigenvalue weighted by molar-refractivity contribution is 7.75. The Kier molecular flexibility index (Phi) is 9.33. The van der Waals surface area contributed by atoms with Gasteiger partial charge < -0.3 is 15.8 Å². The van der Waals surface area contributed by atoms with E-state index in [1.165, 1.54) is 0 Å². The highest BCUT2D eigenvalue weighted by Gasteiger charge is 2.50. The van der Waals surface area contributed by atoms with Gasteiger partial charge in [0.05, 0.1) is 21.7 Å². The van der Waals surface area contributed by atoms with Crippen LogP contribution < -0.4 is 21.0 Å². The molecule has 2 bridgehead atoms. The van der Waals surface area contributed by atoms with Gasteiger partial charge in [-0.2, -0.15) is 0 Å². The molecule has 3 amide bonds. The van der Waals surface area contributed by atoms with E-state index in [-0.39, 0.29) is 42.2 Å². The van der Waals surface area contributed by atoms with Gasteiger partial charge in [-0.3, -0.25) is 4.57 Å². The number of primary amides is 1. The SMILES string of the molecule is CC(C)CP1(=O)c2c(-c3cnc(C4CCC(NC(=O)OC(C)C)CC4)s3)ccc(c2C(C)C)N1C(=O)OOC(N)=O. The molecule has 1 aromatic heterocycles. The van der Waals surface area contributed by atoms with Crippen LogP contribution in [0.2, 0.25) is 0 Å². The number of nitrogens with one attached hydrogen (secondary N) is 1. The highest BCUT2D eigenvalue weighted by Crippen LogP contribution is 2.62. The third kappa shape index (κ3) is 6.54. The molecular weight excluding hydrogens is 567 g/mol. The number of ether oxygens (including phenoxy) is 1. The molecule has 1 fully saturated rings. The van der Waals surface area contributed by atoms with Crippen molar-refractivity contribution in [3.8, 4) is 10.4 Å². The summed E-state index contributed by atoms with van der Waals surface area (Å²) in [6.07, 6.45) is 2.60. The van der Waals surface area contributed by atoms with E-state index in [2.05, 4.69) is 15.1 Å². The maximum Gasteiger partial charge on any atom is 0.463 e. The molecule has 3 N–H and O–H groups in total. The van der Waals surface area contributed by atoms with Gasteiger partial charge in [-0.25, -0.2) is 33.8 Å². The van der Waals surface area contributed by atoms with Crippen molar-refractivity contribution in [3.05, 3.63) is 28.9 Å². The number of aromatic nitrogens is 1. The first kappa shape index (κ1) is 30.8. The van der Waals surface area contributed by atoms with E-state index in [0.29, 0.717) is 11.0 Å². The molecular formula is C28H39N4O7PS. The van der Waals surface area contributed by atoms with Crippen LogP contribution in [0.3, 0.4) is 0 Å². The molecule has 224 valence electrons. The van der Waals surface area contributed by atoms with Crippen LogP contribution >= 0.6 is 18.6 Å². The molecule has 11 nitrogen and oxygen atoms in total. The topological polar surface area (TPSA) is 150 Å². The lowest BCUT2D eigenvalue weighted by molar-refractivity contribution is -0.172. The van der Waals surface area contributed by atoms with Gasteiger partial charge in [0, 0.05) is 35.2 Å². The summed E-state index contributed by atoms with van der Waals surface area (Å²) in [4.78, 5) is 50.8. The predicted octanol–water partition coefficient (Wildman–Crippen LogP) is 6.62. The molecule has 0 spiro atoms. The fourth-order valence-electron chi connectivity index (χ4n) is 5.71. The molecule has 1 atom stereocenters. The molecule has 41 heavy (non-hydrogen) atoms. The predicted molar refractivity (Wildman–Crippen MR) is 158 cm³/mol. The molecule has 0 saturated heterocycles. The molecule has 1 unspecified atom stereocenters. The Labute approximate surface area is 244 Å². The number of hydrogen-bond donors (Lipinski definition) is 2. The van der Waals surface area contributed by atoms with Crippen molar-refractivity contribution >= 4 is 47.9 Å². The molecule has 1 aromatic carbocycles. The van der Waals surface area contributed by atoms with Crippen LogP contribution in [0.5, 0.6) is 0 Å². The number of nitrogens with two attached hydrogens (primary N) is 1. The van der Waals surface area contributed by atoms with Crippen molar-refractivity contribution in [2.24, 2.45) is 11.7 Å². The van der Waals surface area contributed by atoms with Crippen LogP contribution in [0.4, 0.5) is 20.1 Å². The average Bonchev–Trinajstić information content (AvgIpc) is 3.42. The van der Waals surface area contributed by atoms with Crippen molar-refractivity contribution in [3.63, 3.8) is 0 Å². The van der Waals surface area contributed by atoms with Crippen LogP contribution in [0.15, 0.2) is 18.3 Å². The van der Waals surface area contributed by atoms with Gasteiger partial charge in [0.15, 0.2) is 0 Å². The number of anilines is 1. The fourth-order valence-corrected chi connectivity index (χ4v) is 10.6. The summed E-state index contributed by atoms with van der Waals surface area (Å²) >= 11 is 1.57. The Hall–Kier alpha value is -3.11. The first-order valence-corrected chi connectivity index (χ1v) is 16.7. The standard InChI is InChI=1S/C28H39N4O7PS/c1-15(2)14-40(36)24-20(11-12-21(23(24)16(3)4)32(40)28(35)39-38-26(29)33)22-13-30-25(41-22)18-7-9-19(10-8-18)31-27(34)37-17(5)6/h11-13,15-19H,7-10,14H2,1-6H3,(H2,29,33)(H,31,34). The molecule has 4 rings (SSSR count). The van der Waals surface area contributed by atoms with Crippen LogP contribution in [0, 0.1) is 5.92 Å². The molecule has 1 saturated carbocycles. The number of nitrogens with zero attached hydrogens (tertiary/aromatic N) is 2. The number of carbonyl (C=O) groups excluding carboxylic acids is 3. The minimum absolute atomic E-state index is 0.00561. The number of fused-ring (bicyclic) bond motifs is 2. The van der Waals surface area contributed by atoms with E-state index in [1.54, 1.807) is 17.4 Å². The van der Waals surface area contributed by atoms with Gasteiger partial charge in [0.1, 0.15) is 0 Å². The Morgan fingerprint density at radius 1 is 1.10 bits per heavy atom. The van der Waals surface area contributed by atoms with Crippen molar-refractivity contribution in [2.75, 3.05) is 10.8 Å². The average molecular weight is 607 g/mol. The molecule has 1 aliphatic carbocycles. The molecule has 1 aliphatic heterocycles. The van der Waals surface area contributed by atoms with Crippen molar-refractivity contribution in [2.45, 2.75) is 91.2 Å². The van der Waals surface area contributed by atoms with E-state index in [0.717, 1.165) is 51.4 Å². The van der Waals surface area contributed by atoms with E-state index in [1.807, 2.05) is 53.8 Å². The lowest BCUT2D eigenvalue weighted by Crippen LogP contribution is -2.38. The second kappa shape index (κ2) is 12.4. The number of alkyl carbamates (subject to hydrolysis) is 1. The number of amides is 3. The molecule has 2 aliphatic rings. The van der Waals surface area contributed by atoms with E-state index >= 15 is 0 Å². The van der Waals surface area contributed by atoms with E-state index in [4.69, 9.17) is 15.5 Å². The van der Waals surface area contributed by atoms with E-state index < -0.39 is 19.5 Å². The first-order chi connectivity index (χ1) is 19.3. The van der Waals surface area contributed by atoms with Gasteiger partial charge in [0.25, 0.3) is 0 Å². The zero-order chi connectivity index (χ0) is 30.1. The largest absolute Gasteiger partial charge is 0.463 e. The molecule has 13 heteroatoms. The highest BCUT2D eigenvalue weighted by atomic mass is 32.1. The molecule has 2 aromatic rings. The maximum atomic E-state index is 14.9. The summed E-state index contributed by atoms with van der Waals surface area (Å²) in [6.45, 7) is 11.5. The van der Waals surface area contributed by atoms with Crippen LogP contribution in [-0.2, 0) is 19.1 Å². The van der Waals surface area contributed by atoms with Gasteiger partial charge in [-0.05, 0) is 63.0 Å². The smallest absolute Gasteiger partial charge is 0.447 e. The summed E-state index contributed by atoms with van der Waals surface area (Å²) in [5, 5.41) is 4.58. The zero-order valence-electron chi connectivity index (χ0n) is 24.3. The summed E-state index contributed by atoms with van der Waals surface area (Å²) in [5.41, 5.74) is 7.05. The van der Waals surface area contributed by atoms with Gasteiger partial charge in [-0.15, -0.1) is 11.3 Å². The fraction of sp³-hybridized carbons (Fsp3) is 0.571. The minimum atomic E-state index is -3.55.